The SMILES string of the molecule is CCCNC(Cc1ccc(C)cn1)c1cccs1. The fourth-order valence-electron chi connectivity index (χ4n) is 1.91. The van der Waals surface area contributed by atoms with Gasteiger partial charge in [0.15, 0.2) is 0 Å². The van der Waals surface area contributed by atoms with Crippen molar-refractivity contribution in [1.29, 1.82) is 0 Å². The Labute approximate surface area is 113 Å². The third-order valence-corrected chi connectivity index (χ3v) is 3.90. The highest BCUT2D eigenvalue weighted by molar-refractivity contribution is 7.10. The molecule has 0 spiro atoms. The average Bonchev–Trinajstić information content (AvgIpc) is 2.90. The lowest BCUT2D eigenvalue weighted by Gasteiger charge is -2.16. The molecule has 1 N–H and O–H groups in total. The molecule has 0 amide bonds. The molecule has 0 bridgehead atoms. The smallest absolute Gasteiger partial charge is 0.0470 e. The van der Waals surface area contributed by atoms with Gasteiger partial charge in [-0.1, -0.05) is 19.1 Å². The molecule has 0 aliphatic carbocycles. The summed E-state index contributed by atoms with van der Waals surface area (Å²) in [7, 11) is 0. The zero-order valence-electron chi connectivity index (χ0n) is 11.0. The van der Waals surface area contributed by atoms with Crippen molar-refractivity contribution in [3.05, 3.63) is 52.0 Å². The van der Waals surface area contributed by atoms with E-state index in [2.05, 4.69) is 53.8 Å². The molecule has 3 heteroatoms. The summed E-state index contributed by atoms with van der Waals surface area (Å²) < 4.78 is 0. The van der Waals surface area contributed by atoms with Crippen molar-refractivity contribution >= 4 is 11.3 Å². The van der Waals surface area contributed by atoms with Crippen LogP contribution in [0.1, 0.15) is 35.5 Å². The lowest BCUT2D eigenvalue weighted by molar-refractivity contribution is 0.531. The van der Waals surface area contributed by atoms with Gasteiger partial charge >= 0.3 is 0 Å². The molecular formula is C15H20N2S. The molecule has 1 atom stereocenters. The third-order valence-electron chi connectivity index (χ3n) is 2.91. The molecule has 0 saturated heterocycles. The normalized spacial score (nSPS) is 12.6. The summed E-state index contributed by atoms with van der Waals surface area (Å²) in [6.07, 6.45) is 4.06. The molecule has 2 aromatic heterocycles. The minimum absolute atomic E-state index is 0.389. The molecule has 18 heavy (non-hydrogen) atoms. The van der Waals surface area contributed by atoms with Gasteiger partial charge in [0.2, 0.25) is 0 Å². The molecule has 2 heterocycles. The van der Waals surface area contributed by atoms with Crippen molar-refractivity contribution in [2.75, 3.05) is 6.54 Å². The number of thiophene rings is 1. The molecule has 1 unspecified atom stereocenters. The molecule has 0 aliphatic heterocycles. The van der Waals surface area contributed by atoms with Crippen LogP contribution in [0.25, 0.3) is 0 Å². The molecular weight excluding hydrogens is 240 g/mol. The van der Waals surface area contributed by atoms with Crippen LogP contribution in [-0.2, 0) is 6.42 Å². The van der Waals surface area contributed by atoms with Crippen LogP contribution >= 0.6 is 11.3 Å². The highest BCUT2D eigenvalue weighted by Gasteiger charge is 2.12. The van der Waals surface area contributed by atoms with E-state index in [0.29, 0.717) is 6.04 Å². The molecule has 2 aromatic rings. The monoisotopic (exact) mass is 260 g/mol. The highest BCUT2D eigenvalue weighted by Crippen LogP contribution is 2.22. The Morgan fingerprint density at radius 2 is 2.22 bits per heavy atom. The predicted octanol–water partition coefficient (Wildman–Crippen LogP) is 3.73. The molecule has 0 aliphatic rings. The minimum atomic E-state index is 0.389. The molecule has 0 fully saturated rings. The quantitative estimate of drug-likeness (QED) is 0.856. The van der Waals surface area contributed by atoms with Crippen molar-refractivity contribution < 1.29 is 0 Å². The van der Waals surface area contributed by atoms with Gasteiger partial charge in [-0.2, -0.15) is 0 Å². The van der Waals surface area contributed by atoms with Gasteiger partial charge in [0.25, 0.3) is 0 Å². The second-order valence-corrected chi connectivity index (χ2v) is 5.53. The number of nitrogens with zero attached hydrogens (tertiary/aromatic N) is 1. The highest BCUT2D eigenvalue weighted by atomic mass is 32.1. The Kier molecular flexibility index (Phi) is 4.90. The fraction of sp³-hybridized carbons (Fsp3) is 0.400. The number of aryl methyl sites for hydroxylation is 1. The first-order chi connectivity index (χ1) is 8.79. The Hall–Kier alpha value is -1.19. The first kappa shape index (κ1) is 13.2. The van der Waals surface area contributed by atoms with Gasteiger partial charge < -0.3 is 5.32 Å². The van der Waals surface area contributed by atoms with E-state index in [4.69, 9.17) is 0 Å². The van der Waals surface area contributed by atoms with E-state index in [1.54, 1.807) is 0 Å². The van der Waals surface area contributed by atoms with Gasteiger partial charge in [-0.15, -0.1) is 11.3 Å². The van der Waals surface area contributed by atoms with Crippen molar-refractivity contribution in [3.8, 4) is 0 Å². The number of nitrogens with one attached hydrogen (secondary N) is 1. The van der Waals surface area contributed by atoms with Crippen LogP contribution in [0.15, 0.2) is 35.8 Å². The standard InChI is InChI=1S/C15H20N2S/c1-3-8-16-14(15-5-4-9-18-15)10-13-7-6-12(2)11-17-13/h4-7,9,11,14,16H,3,8,10H2,1-2H3. The number of aromatic nitrogens is 1. The fourth-order valence-corrected chi connectivity index (χ4v) is 2.71. The number of rotatable bonds is 6. The largest absolute Gasteiger partial charge is 0.309 e. The molecule has 2 rings (SSSR count). The van der Waals surface area contributed by atoms with Crippen LogP contribution in [0.4, 0.5) is 0 Å². The summed E-state index contributed by atoms with van der Waals surface area (Å²) in [5.41, 5.74) is 2.37. The summed E-state index contributed by atoms with van der Waals surface area (Å²) in [6.45, 7) is 5.32. The van der Waals surface area contributed by atoms with Gasteiger partial charge in [-0.05, 0) is 43.0 Å². The molecule has 0 saturated carbocycles. The van der Waals surface area contributed by atoms with Crippen molar-refractivity contribution in [3.63, 3.8) is 0 Å². The lowest BCUT2D eigenvalue weighted by Crippen LogP contribution is -2.23. The van der Waals surface area contributed by atoms with E-state index in [1.807, 2.05) is 17.5 Å². The zero-order valence-corrected chi connectivity index (χ0v) is 11.8. The molecule has 0 radical (unpaired) electrons. The zero-order chi connectivity index (χ0) is 12.8. The van der Waals surface area contributed by atoms with Crippen molar-refractivity contribution in [2.24, 2.45) is 0 Å². The maximum atomic E-state index is 4.50. The lowest BCUT2D eigenvalue weighted by atomic mass is 10.1. The molecule has 0 aromatic carbocycles. The van der Waals surface area contributed by atoms with Gasteiger partial charge in [-0.25, -0.2) is 0 Å². The van der Waals surface area contributed by atoms with Gasteiger partial charge in [0, 0.05) is 29.2 Å². The van der Waals surface area contributed by atoms with Crippen molar-refractivity contribution in [1.82, 2.24) is 10.3 Å². The Bertz CT molecular complexity index is 448. The van der Waals surface area contributed by atoms with E-state index in [9.17, 15) is 0 Å². The second-order valence-electron chi connectivity index (χ2n) is 4.55. The summed E-state index contributed by atoms with van der Waals surface area (Å²) in [4.78, 5) is 5.89. The van der Waals surface area contributed by atoms with Crippen LogP contribution in [-0.4, -0.2) is 11.5 Å². The van der Waals surface area contributed by atoms with E-state index in [1.165, 1.54) is 10.4 Å². The summed E-state index contributed by atoms with van der Waals surface area (Å²) in [5.74, 6) is 0. The summed E-state index contributed by atoms with van der Waals surface area (Å²) in [6, 6.07) is 8.97. The van der Waals surface area contributed by atoms with Crippen molar-refractivity contribution in [2.45, 2.75) is 32.7 Å². The Morgan fingerprint density at radius 1 is 1.33 bits per heavy atom. The van der Waals surface area contributed by atoms with Crippen LogP contribution in [0.3, 0.4) is 0 Å². The molecule has 2 nitrogen and oxygen atoms in total. The summed E-state index contributed by atoms with van der Waals surface area (Å²) >= 11 is 1.81. The number of hydrogen-bond acceptors (Lipinski definition) is 3. The predicted molar refractivity (Wildman–Crippen MR) is 78.0 cm³/mol. The third kappa shape index (κ3) is 3.65. The Balaban J connectivity index is 2.07. The van der Waals surface area contributed by atoms with E-state index < -0.39 is 0 Å². The van der Waals surface area contributed by atoms with Crippen LogP contribution in [0.2, 0.25) is 0 Å². The first-order valence-corrected chi connectivity index (χ1v) is 7.36. The minimum Gasteiger partial charge on any atom is -0.309 e. The maximum Gasteiger partial charge on any atom is 0.0470 e. The average molecular weight is 260 g/mol. The number of pyridine rings is 1. The number of hydrogen-bond donors (Lipinski definition) is 1. The summed E-state index contributed by atoms with van der Waals surface area (Å²) in [5, 5.41) is 5.74. The maximum absolute atomic E-state index is 4.50. The van der Waals surface area contributed by atoms with E-state index in [-0.39, 0.29) is 0 Å². The van der Waals surface area contributed by atoms with Crippen LogP contribution < -0.4 is 5.32 Å². The topological polar surface area (TPSA) is 24.9 Å². The van der Waals surface area contributed by atoms with E-state index >= 15 is 0 Å². The first-order valence-electron chi connectivity index (χ1n) is 6.48. The molecule has 96 valence electrons. The van der Waals surface area contributed by atoms with Gasteiger partial charge in [-0.3, -0.25) is 4.98 Å². The van der Waals surface area contributed by atoms with E-state index in [0.717, 1.165) is 25.1 Å². The van der Waals surface area contributed by atoms with Crippen LogP contribution in [0, 0.1) is 6.92 Å². The van der Waals surface area contributed by atoms with Gasteiger partial charge in [0.05, 0.1) is 0 Å². The second kappa shape index (κ2) is 6.66. The Morgan fingerprint density at radius 3 is 2.83 bits per heavy atom. The van der Waals surface area contributed by atoms with Crippen LogP contribution in [0.5, 0.6) is 0 Å². The van der Waals surface area contributed by atoms with Gasteiger partial charge in [0.1, 0.15) is 0 Å².